The summed E-state index contributed by atoms with van der Waals surface area (Å²) in [5.41, 5.74) is 2.34. The van der Waals surface area contributed by atoms with Crippen LogP contribution in [0.4, 0.5) is 5.69 Å². The average molecular weight is 340 g/mol. The maximum atomic E-state index is 9.34. The molecule has 3 rings (SSSR count). The molecule has 0 saturated carbocycles. The molecule has 1 aliphatic heterocycles. The van der Waals surface area contributed by atoms with Crippen LogP contribution in [0.1, 0.15) is 18.4 Å². The average Bonchev–Trinajstić information content (AvgIpc) is 3.17. The Labute approximate surface area is 150 Å². The highest BCUT2D eigenvalue weighted by Gasteiger charge is 2.11. The fourth-order valence-electron chi connectivity index (χ4n) is 3.27. The minimum atomic E-state index is 0.145. The standard InChI is InChI=1S/C21H28N2O2/c24-16-14-23(20-6-2-1-3-7-20)18-19-8-10-21(11-9-19)25-17-15-22-12-4-5-13-22/h1-3,6-11,24H,4-5,12-18H2. The van der Waals surface area contributed by atoms with Crippen molar-refractivity contribution in [1.82, 2.24) is 4.90 Å². The monoisotopic (exact) mass is 340 g/mol. The van der Waals surface area contributed by atoms with Gasteiger partial charge in [0.05, 0.1) is 6.61 Å². The van der Waals surface area contributed by atoms with E-state index in [9.17, 15) is 5.11 Å². The summed E-state index contributed by atoms with van der Waals surface area (Å²) >= 11 is 0. The quantitative estimate of drug-likeness (QED) is 0.761. The number of aliphatic hydroxyl groups is 1. The van der Waals surface area contributed by atoms with Crippen LogP contribution >= 0.6 is 0 Å². The van der Waals surface area contributed by atoms with Crippen LogP contribution in [0.15, 0.2) is 54.6 Å². The van der Waals surface area contributed by atoms with E-state index >= 15 is 0 Å². The van der Waals surface area contributed by atoms with Crippen molar-refractivity contribution in [1.29, 1.82) is 0 Å². The number of ether oxygens (including phenoxy) is 1. The number of aliphatic hydroxyl groups excluding tert-OH is 1. The lowest BCUT2D eigenvalue weighted by Gasteiger charge is -2.24. The van der Waals surface area contributed by atoms with Gasteiger partial charge in [-0.25, -0.2) is 0 Å². The molecule has 2 aromatic carbocycles. The van der Waals surface area contributed by atoms with Gasteiger partial charge < -0.3 is 14.7 Å². The van der Waals surface area contributed by atoms with Crippen LogP contribution in [0, 0.1) is 0 Å². The van der Waals surface area contributed by atoms with Crippen LogP contribution in [-0.4, -0.2) is 49.4 Å². The first-order valence-electron chi connectivity index (χ1n) is 9.20. The van der Waals surface area contributed by atoms with E-state index in [1.807, 2.05) is 30.3 Å². The second-order valence-electron chi connectivity index (χ2n) is 6.52. The van der Waals surface area contributed by atoms with Gasteiger partial charge in [-0.3, -0.25) is 4.90 Å². The number of hydrogen-bond donors (Lipinski definition) is 1. The van der Waals surface area contributed by atoms with Gasteiger partial charge in [-0.1, -0.05) is 30.3 Å². The van der Waals surface area contributed by atoms with Crippen LogP contribution in [0.2, 0.25) is 0 Å². The first-order chi connectivity index (χ1) is 12.3. The van der Waals surface area contributed by atoms with Crippen molar-refractivity contribution in [2.45, 2.75) is 19.4 Å². The smallest absolute Gasteiger partial charge is 0.119 e. The number of rotatable bonds is 9. The summed E-state index contributed by atoms with van der Waals surface area (Å²) in [7, 11) is 0. The number of hydrogen-bond acceptors (Lipinski definition) is 4. The second-order valence-corrected chi connectivity index (χ2v) is 6.52. The lowest BCUT2D eigenvalue weighted by atomic mass is 10.2. The van der Waals surface area contributed by atoms with Crippen molar-refractivity contribution >= 4 is 5.69 Å². The maximum absolute atomic E-state index is 9.34. The molecule has 4 nitrogen and oxygen atoms in total. The van der Waals surface area contributed by atoms with Crippen molar-refractivity contribution in [3.05, 3.63) is 60.2 Å². The van der Waals surface area contributed by atoms with E-state index in [2.05, 4.69) is 34.1 Å². The molecule has 0 atom stereocenters. The first-order valence-corrected chi connectivity index (χ1v) is 9.20. The highest BCUT2D eigenvalue weighted by Crippen LogP contribution is 2.19. The van der Waals surface area contributed by atoms with Gasteiger partial charge in [0.25, 0.3) is 0 Å². The van der Waals surface area contributed by atoms with Crippen molar-refractivity contribution in [2.24, 2.45) is 0 Å². The van der Waals surface area contributed by atoms with Crippen molar-refractivity contribution in [3.8, 4) is 5.75 Å². The Balaban J connectivity index is 1.52. The molecular formula is C21H28N2O2. The topological polar surface area (TPSA) is 35.9 Å². The summed E-state index contributed by atoms with van der Waals surface area (Å²) in [5, 5.41) is 9.34. The van der Waals surface area contributed by atoms with Gasteiger partial charge in [0.2, 0.25) is 0 Å². The van der Waals surface area contributed by atoms with Crippen molar-refractivity contribution in [2.75, 3.05) is 44.3 Å². The fraction of sp³-hybridized carbons (Fsp3) is 0.429. The zero-order valence-electron chi connectivity index (χ0n) is 14.8. The van der Waals surface area contributed by atoms with Gasteiger partial charge in [0, 0.05) is 25.3 Å². The highest BCUT2D eigenvalue weighted by molar-refractivity contribution is 5.46. The molecule has 4 heteroatoms. The molecule has 1 heterocycles. The molecular weight excluding hydrogens is 312 g/mol. The molecule has 0 unspecified atom stereocenters. The summed E-state index contributed by atoms with van der Waals surface area (Å²) in [4.78, 5) is 4.64. The van der Waals surface area contributed by atoms with Crippen LogP contribution in [0.25, 0.3) is 0 Å². The third kappa shape index (κ3) is 5.48. The molecule has 0 bridgehead atoms. The molecule has 1 saturated heterocycles. The van der Waals surface area contributed by atoms with Crippen LogP contribution in [-0.2, 0) is 6.54 Å². The highest BCUT2D eigenvalue weighted by atomic mass is 16.5. The summed E-state index contributed by atoms with van der Waals surface area (Å²) in [6.45, 7) is 5.73. The van der Waals surface area contributed by atoms with Gasteiger partial charge in [0.15, 0.2) is 0 Å². The summed E-state index contributed by atoms with van der Waals surface area (Å²) < 4.78 is 5.86. The molecule has 0 spiro atoms. The molecule has 0 radical (unpaired) electrons. The summed E-state index contributed by atoms with van der Waals surface area (Å²) in [6, 6.07) is 18.5. The van der Waals surface area contributed by atoms with E-state index in [1.165, 1.54) is 31.5 Å². The molecule has 1 fully saturated rings. The van der Waals surface area contributed by atoms with Crippen LogP contribution in [0.3, 0.4) is 0 Å². The van der Waals surface area contributed by atoms with E-state index in [0.717, 1.165) is 31.1 Å². The van der Waals surface area contributed by atoms with Gasteiger partial charge in [-0.2, -0.15) is 0 Å². The molecule has 2 aromatic rings. The van der Waals surface area contributed by atoms with E-state index in [0.29, 0.717) is 6.54 Å². The Morgan fingerprint density at radius 1 is 0.960 bits per heavy atom. The van der Waals surface area contributed by atoms with Crippen LogP contribution < -0.4 is 9.64 Å². The number of para-hydroxylation sites is 1. The number of likely N-dealkylation sites (tertiary alicyclic amines) is 1. The normalized spacial score (nSPS) is 14.6. The Hall–Kier alpha value is -2.04. The van der Waals surface area contributed by atoms with Gasteiger partial charge in [0.1, 0.15) is 12.4 Å². The van der Waals surface area contributed by atoms with Crippen LogP contribution in [0.5, 0.6) is 5.75 Å². The van der Waals surface area contributed by atoms with E-state index in [1.54, 1.807) is 0 Å². The van der Waals surface area contributed by atoms with E-state index in [-0.39, 0.29) is 6.61 Å². The van der Waals surface area contributed by atoms with E-state index < -0.39 is 0 Å². The van der Waals surface area contributed by atoms with Crippen molar-refractivity contribution in [3.63, 3.8) is 0 Å². The molecule has 0 aliphatic carbocycles. The molecule has 134 valence electrons. The predicted octanol–water partition coefficient (Wildman–Crippen LogP) is 3.16. The predicted molar refractivity (Wildman–Crippen MR) is 102 cm³/mol. The minimum Gasteiger partial charge on any atom is -0.492 e. The number of benzene rings is 2. The van der Waals surface area contributed by atoms with Gasteiger partial charge >= 0.3 is 0 Å². The maximum Gasteiger partial charge on any atom is 0.119 e. The zero-order chi connectivity index (χ0) is 17.3. The number of nitrogens with zero attached hydrogens (tertiary/aromatic N) is 2. The third-order valence-electron chi connectivity index (χ3n) is 4.66. The summed E-state index contributed by atoms with van der Waals surface area (Å²) in [5.74, 6) is 0.927. The van der Waals surface area contributed by atoms with Gasteiger partial charge in [-0.15, -0.1) is 0 Å². The Morgan fingerprint density at radius 2 is 1.68 bits per heavy atom. The first kappa shape index (κ1) is 17.8. The van der Waals surface area contributed by atoms with Crippen molar-refractivity contribution < 1.29 is 9.84 Å². The third-order valence-corrected chi connectivity index (χ3v) is 4.66. The van der Waals surface area contributed by atoms with E-state index in [4.69, 9.17) is 4.74 Å². The second kappa shape index (κ2) is 9.44. The fourth-order valence-corrected chi connectivity index (χ4v) is 3.27. The molecule has 1 aliphatic rings. The number of anilines is 1. The molecule has 25 heavy (non-hydrogen) atoms. The lowest BCUT2D eigenvalue weighted by Crippen LogP contribution is -2.26. The van der Waals surface area contributed by atoms with Gasteiger partial charge in [-0.05, 0) is 55.8 Å². The lowest BCUT2D eigenvalue weighted by molar-refractivity contribution is 0.238. The largest absolute Gasteiger partial charge is 0.492 e. The molecule has 0 amide bonds. The minimum absolute atomic E-state index is 0.145. The molecule has 1 N–H and O–H groups in total. The SMILES string of the molecule is OCCN(Cc1ccc(OCCN2CCCC2)cc1)c1ccccc1. The molecule has 0 aromatic heterocycles. The Bertz CT molecular complexity index is 610. The Morgan fingerprint density at radius 3 is 2.36 bits per heavy atom. The zero-order valence-corrected chi connectivity index (χ0v) is 14.8. The Kier molecular flexibility index (Phi) is 6.71. The summed E-state index contributed by atoms with van der Waals surface area (Å²) in [6.07, 6.45) is 2.64.